The van der Waals surface area contributed by atoms with Gasteiger partial charge in [-0.1, -0.05) is 48.7 Å². The van der Waals surface area contributed by atoms with Crippen molar-refractivity contribution in [3.05, 3.63) is 74.4 Å². The van der Waals surface area contributed by atoms with Crippen molar-refractivity contribution in [1.29, 1.82) is 0 Å². The fourth-order valence-corrected chi connectivity index (χ4v) is 4.75. The number of hydrogen-bond acceptors (Lipinski definition) is 5. The van der Waals surface area contributed by atoms with Gasteiger partial charge in [0.25, 0.3) is 5.56 Å². The average molecular weight is 495 g/mol. The highest BCUT2D eigenvalue weighted by Crippen LogP contribution is 2.26. The predicted molar refractivity (Wildman–Crippen MR) is 133 cm³/mol. The first kappa shape index (κ1) is 22.9. The number of rotatable bonds is 6. The van der Waals surface area contributed by atoms with E-state index in [1.54, 1.807) is 48.5 Å². The maximum Gasteiger partial charge on any atom is 0.332 e. The van der Waals surface area contributed by atoms with Gasteiger partial charge in [0.2, 0.25) is 17.4 Å². The van der Waals surface area contributed by atoms with Crippen molar-refractivity contribution in [2.45, 2.75) is 44.8 Å². The highest BCUT2D eigenvalue weighted by molar-refractivity contribution is 6.33. The van der Waals surface area contributed by atoms with Crippen molar-refractivity contribution >= 4 is 51.2 Å². The summed E-state index contributed by atoms with van der Waals surface area (Å²) in [7, 11) is 0. The van der Waals surface area contributed by atoms with E-state index in [0.29, 0.717) is 21.7 Å². The summed E-state index contributed by atoms with van der Waals surface area (Å²) in [5.41, 5.74) is -0.588. The molecule has 9 nitrogen and oxygen atoms in total. The molecule has 0 atom stereocenters. The van der Waals surface area contributed by atoms with E-state index in [1.165, 1.54) is 0 Å². The first-order valence-electron chi connectivity index (χ1n) is 11.4. The van der Waals surface area contributed by atoms with Crippen LogP contribution in [0.1, 0.15) is 25.7 Å². The standard InChI is InChI=1S/C25H23ClN4O5/c26-17-10-4-5-11-18(17)28-21(32)13-29-22-16-9-3-6-12-19(16)35-23(22)24(33)30(25(29)34)14-20(31)27-15-7-1-2-8-15/h3-6,9-12,15H,1-2,7-8,13-14H2,(H,27,31)(H,28,32). The highest BCUT2D eigenvalue weighted by Gasteiger charge is 2.24. The number of anilines is 1. The number of benzene rings is 2. The highest BCUT2D eigenvalue weighted by atomic mass is 35.5. The molecule has 1 aliphatic rings. The van der Waals surface area contributed by atoms with Gasteiger partial charge < -0.3 is 15.1 Å². The van der Waals surface area contributed by atoms with E-state index in [4.69, 9.17) is 16.0 Å². The van der Waals surface area contributed by atoms with E-state index >= 15 is 0 Å². The molecule has 2 aromatic heterocycles. The van der Waals surface area contributed by atoms with Crippen LogP contribution in [0.3, 0.4) is 0 Å². The lowest BCUT2D eigenvalue weighted by Gasteiger charge is -2.14. The fraction of sp³-hybridized carbons (Fsp3) is 0.280. The molecule has 1 aliphatic carbocycles. The van der Waals surface area contributed by atoms with Crippen LogP contribution in [0.2, 0.25) is 5.02 Å². The zero-order valence-electron chi connectivity index (χ0n) is 18.8. The number of nitrogens with zero attached hydrogens (tertiary/aromatic N) is 2. The Bertz CT molecular complexity index is 1560. The lowest BCUT2D eigenvalue weighted by Crippen LogP contribution is -2.46. The number of aromatic nitrogens is 2. The number of halogens is 1. The zero-order valence-corrected chi connectivity index (χ0v) is 19.5. The van der Waals surface area contributed by atoms with Crippen LogP contribution >= 0.6 is 11.6 Å². The molecular formula is C25H23ClN4O5. The summed E-state index contributed by atoms with van der Waals surface area (Å²) >= 11 is 6.14. The Balaban J connectivity index is 1.57. The maximum atomic E-state index is 13.5. The second-order valence-corrected chi connectivity index (χ2v) is 9.02. The molecule has 10 heteroatoms. The van der Waals surface area contributed by atoms with E-state index < -0.39 is 36.2 Å². The molecule has 0 unspecified atom stereocenters. The minimum absolute atomic E-state index is 0.0387. The molecule has 35 heavy (non-hydrogen) atoms. The van der Waals surface area contributed by atoms with Gasteiger partial charge in [0.1, 0.15) is 24.2 Å². The summed E-state index contributed by atoms with van der Waals surface area (Å²) in [5, 5.41) is 6.44. The number of furan rings is 1. The molecule has 0 saturated heterocycles. The van der Waals surface area contributed by atoms with Crippen molar-refractivity contribution < 1.29 is 14.0 Å². The summed E-state index contributed by atoms with van der Waals surface area (Å²) in [4.78, 5) is 52.3. The minimum Gasteiger partial charge on any atom is -0.449 e. The van der Waals surface area contributed by atoms with E-state index in [-0.39, 0.29) is 17.1 Å². The van der Waals surface area contributed by atoms with Crippen LogP contribution in [0.4, 0.5) is 5.69 Å². The van der Waals surface area contributed by atoms with Gasteiger partial charge in [-0.3, -0.25) is 19.0 Å². The first-order chi connectivity index (χ1) is 16.9. The second kappa shape index (κ2) is 9.42. The van der Waals surface area contributed by atoms with Crippen LogP contribution in [0.15, 0.2) is 62.5 Å². The molecule has 0 aliphatic heterocycles. The molecule has 0 bridgehead atoms. The van der Waals surface area contributed by atoms with E-state index in [2.05, 4.69) is 10.6 Å². The summed E-state index contributed by atoms with van der Waals surface area (Å²) in [6.07, 6.45) is 3.80. The van der Waals surface area contributed by atoms with Crippen LogP contribution in [0.25, 0.3) is 22.1 Å². The fourth-order valence-electron chi connectivity index (χ4n) is 4.56. The third kappa shape index (κ3) is 4.46. The van der Waals surface area contributed by atoms with E-state index in [1.807, 2.05) is 0 Å². The molecule has 5 rings (SSSR count). The molecule has 0 spiro atoms. The summed E-state index contributed by atoms with van der Waals surface area (Å²) in [6.45, 7) is -0.873. The molecule has 2 N–H and O–H groups in total. The van der Waals surface area contributed by atoms with Gasteiger partial charge in [-0.2, -0.15) is 0 Å². The topological polar surface area (TPSA) is 115 Å². The smallest absolute Gasteiger partial charge is 0.332 e. The van der Waals surface area contributed by atoms with Gasteiger partial charge in [-0.05, 0) is 37.1 Å². The third-order valence-electron chi connectivity index (χ3n) is 6.21. The number of fused-ring (bicyclic) bond motifs is 3. The Morgan fingerprint density at radius 1 is 0.943 bits per heavy atom. The molecule has 0 radical (unpaired) electrons. The summed E-state index contributed by atoms with van der Waals surface area (Å²) in [5.74, 6) is -0.953. The van der Waals surface area contributed by atoms with Crippen molar-refractivity contribution in [2.24, 2.45) is 0 Å². The van der Waals surface area contributed by atoms with Crippen LogP contribution in [-0.4, -0.2) is 27.0 Å². The summed E-state index contributed by atoms with van der Waals surface area (Å²) < 4.78 is 7.76. The van der Waals surface area contributed by atoms with Crippen molar-refractivity contribution in [3.63, 3.8) is 0 Å². The maximum absolute atomic E-state index is 13.5. The monoisotopic (exact) mass is 494 g/mol. The molecule has 2 heterocycles. The normalized spacial score (nSPS) is 14.0. The van der Waals surface area contributed by atoms with Crippen molar-refractivity contribution in [2.75, 3.05) is 5.32 Å². The van der Waals surface area contributed by atoms with Crippen LogP contribution in [0.5, 0.6) is 0 Å². The summed E-state index contributed by atoms with van der Waals surface area (Å²) in [6, 6.07) is 13.6. The van der Waals surface area contributed by atoms with Gasteiger partial charge in [-0.25, -0.2) is 9.36 Å². The van der Waals surface area contributed by atoms with Crippen molar-refractivity contribution in [3.8, 4) is 0 Å². The van der Waals surface area contributed by atoms with Gasteiger partial charge in [0.05, 0.1) is 10.7 Å². The Morgan fingerprint density at radius 3 is 2.40 bits per heavy atom. The van der Waals surface area contributed by atoms with Gasteiger partial charge in [-0.15, -0.1) is 0 Å². The van der Waals surface area contributed by atoms with Crippen molar-refractivity contribution in [1.82, 2.24) is 14.5 Å². The van der Waals surface area contributed by atoms with Gasteiger partial charge in [0.15, 0.2) is 0 Å². The molecule has 4 aromatic rings. The molecule has 1 fully saturated rings. The predicted octanol–water partition coefficient (Wildman–Crippen LogP) is 3.26. The van der Waals surface area contributed by atoms with E-state index in [0.717, 1.165) is 34.8 Å². The molecule has 2 amide bonds. The third-order valence-corrected chi connectivity index (χ3v) is 6.54. The minimum atomic E-state index is -0.773. The van der Waals surface area contributed by atoms with Gasteiger partial charge >= 0.3 is 5.69 Å². The Hall–Kier alpha value is -3.85. The van der Waals surface area contributed by atoms with Crippen LogP contribution < -0.4 is 21.9 Å². The van der Waals surface area contributed by atoms with Gasteiger partial charge in [0, 0.05) is 11.4 Å². The van der Waals surface area contributed by atoms with E-state index in [9.17, 15) is 19.2 Å². The first-order valence-corrected chi connectivity index (χ1v) is 11.8. The number of carbonyl (C=O) groups is 2. The Morgan fingerprint density at radius 2 is 1.63 bits per heavy atom. The SMILES string of the molecule is O=C(Cn1c(=O)n(CC(=O)NC2CCCC2)c(=O)c2oc3ccccc3c21)Nc1ccccc1Cl. The lowest BCUT2D eigenvalue weighted by atomic mass is 10.2. The number of nitrogens with one attached hydrogen (secondary N) is 2. The number of amides is 2. The largest absolute Gasteiger partial charge is 0.449 e. The molecular weight excluding hydrogens is 472 g/mol. The Labute approximate surface area is 204 Å². The molecule has 2 aromatic carbocycles. The van der Waals surface area contributed by atoms with Crippen LogP contribution in [-0.2, 0) is 22.7 Å². The number of para-hydroxylation sites is 2. The lowest BCUT2D eigenvalue weighted by molar-refractivity contribution is -0.122. The zero-order chi connectivity index (χ0) is 24.5. The number of carbonyl (C=O) groups excluding carboxylic acids is 2. The quantitative estimate of drug-likeness (QED) is 0.427. The second-order valence-electron chi connectivity index (χ2n) is 8.61. The van der Waals surface area contributed by atoms with Crippen LogP contribution in [0, 0.1) is 0 Å². The molecule has 180 valence electrons. The Kier molecular flexibility index (Phi) is 6.17. The average Bonchev–Trinajstić information content (AvgIpc) is 3.49. The molecule has 1 saturated carbocycles. The number of hydrogen-bond donors (Lipinski definition) is 2.